The van der Waals surface area contributed by atoms with Crippen molar-refractivity contribution >= 4 is 23.5 Å². The molecule has 1 aliphatic rings. The summed E-state index contributed by atoms with van der Waals surface area (Å²) in [6.07, 6.45) is 3.24. The maximum atomic E-state index is 12.0. The van der Waals surface area contributed by atoms with Crippen LogP contribution in [0.3, 0.4) is 0 Å². The van der Waals surface area contributed by atoms with Gasteiger partial charge < -0.3 is 4.74 Å². The first kappa shape index (κ1) is 16.5. The number of rotatable bonds is 8. The Labute approximate surface area is 118 Å². The van der Waals surface area contributed by atoms with Gasteiger partial charge in [-0.15, -0.1) is 0 Å². The van der Waals surface area contributed by atoms with Crippen molar-refractivity contribution in [2.24, 2.45) is 11.8 Å². The molecular weight excluding hydrogens is 268 g/mol. The van der Waals surface area contributed by atoms with Gasteiger partial charge in [-0.25, -0.2) is 4.89 Å². The first-order valence-corrected chi connectivity index (χ1v) is 7.80. The second-order valence-electron chi connectivity index (χ2n) is 4.79. The molecule has 0 aliphatic heterocycles. The zero-order valence-electron chi connectivity index (χ0n) is 11.3. The van der Waals surface area contributed by atoms with Crippen LogP contribution in [0.25, 0.3) is 0 Å². The van der Waals surface area contributed by atoms with Gasteiger partial charge in [-0.3, -0.25) is 14.8 Å². The fraction of sp³-hybridized carbons (Fsp3) is 0.846. The van der Waals surface area contributed by atoms with E-state index >= 15 is 0 Å². The Balaban J connectivity index is 2.34. The van der Waals surface area contributed by atoms with E-state index in [2.05, 4.69) is 4.89 Å². The van der Waals surface area contributed by atoms with Gasteiger partial charge in [0.05, 0.1) is 13.2 Å². The van der Waals surface area contributed by atoms with Crippen LogP contribution < -0.4 is 0 Å². The average molecular weight is 290 g/mol. The fourth-order valence-electron chi connectivity index (χ4n) is 2.28. The van der Waals surface area contributed by atoms with Crippen molar-refractivity contribution in [1.29, 1.82) is 0 Å². The molecule has 0 aromatic carbocycles. The summed E-state index contributed by atoms with van der Waals surface area (Å²) in [5, 5.41) is 8.21. The van der Waals surface area contributed by atoms with Crippen LogP contribution in [0.1, 0.15) is 32.6 Å². The van der Waals surface area contributed by atoms with Crippen LogP contribution in [0.15, 0.2) is 0 Å². The van der Waals surface area contributed by atoms with E-state index in [1.807, 2.05) is 0 Å². The van der Waals surface area contributed by atoms with Crippen molar-refractivity contribution in [3.05, 3.63) is 0 Å². The van der Waals surface area contributed by atoms with E-state index in [1.165, 1.54) is 6.92 Å². The first-order chi connectivity index (χ1) is 9.15. The predicted molar refractivity (Wildman–Crippen MR) is 73.0 cm³/mol. The van der Waals surface area contributed by atoms with E-state index in [0.717, 1.165) is 30.8 Å². The van der Waals surface area contributed by atoms with Gasteiger partial charge in [0.2, 0.25) is 0 Å². The third-order valence-electron chi connectivity index (χ3n) is 3.30. The summed E-state index contributed by atoms with van der Waals surface area (Å²) in [6.45, 7) is 2.07. The molecule has 1 rings (SSSR count). The maximum absolute atomic E-state index is 12.0. The minimum absolute atomic E-state index is 0.00635. The minimum atomic E-state index is -0.287. The fourth-order valence-corrected chi connectivity index (χ4v) is 3.48. The van der Waals surface area contributed by atoms with Gasteiger partial charge in [0.1, 0.15) is 5.78 Å². The molecule has 0 heterocycles. The molecule has 5 nitrogen and oxygen atoms in total. The van der Waals surface area contributed by atoms with E-state index < -0.39 is 0 Å². The molecule has 1 N–H and O–H groups in total. The maximum Gasteiger partial charge on any atom is 0.302 e. The number of thioether (sulfide) groups is 1. The van der Waals surface area contributed by atoms with Crippen LogP contribution in [0.5, 0.6) is 0 Å². The third kappa shape index (κ3) is 6.40. The molecule has 1 aliphatic carbocycles. The van der Waals surface area contributed by atoms with Gasteiger partial charge in [-0.1, -0.05) is 0 Å². The Morgan fingerprint density at radius 2 is 2.32 bits per heavy atom. The monoisotopic (exact) mass is 290 g/mol. The molecule has 0 amide bonds. The molecule has 0 spiro atoms. The molecule has 0 radical (unpaired) electrons. The molecule has 0 aromatic heterocycles. The molecule has 2 unspecified atom stereocenters. The quantitative estimate of drug-likeness (QED) is 0.319. The molecule has 1 saturated carbocycles. The van der Waals surface area contributed by atoms with Gasteiger partial charge in [-0.2, -0.15) is 11.8 Å². The highest BCUT2D eigenvalue weighted by molar-refractivity contribution is 7.99. The SMILES string of the molecule is CC(=O)OCC1CCCC(=O)C1CSCCCOO. The zero-order chi connectivity index (χ0) is 14.1. The second kappa shape index (κ2) is 9.34. The largest absolute Gasteiger partial charge is 0.466 e. The first-order valence-electron chi connectivity index (χ1n) is 6.65. The van der Waals surface area contributed by atoms with Crippen LogP contribution in [0.2, 0.25) is 0 Å². The molecule has 1 fully saturated rings. The third-order valence-corrected chi connectivity index (χ3v) is 4.48. The smallest absolute Gasteiger partial charge is 0.302 e. The van der Waals surface area contributed by atoms with Crippen molar-refractivity contribution in [2.45, 2.75) is 32.6 Å². The van der Waals surface area contributed by atoms with Crippen LogP contribution in [-0.2, 0) is 19.2 Å². The van der Waals surface area contributed by atoms with Crippen molar-refractivity contribution in [3.8, 4) is 0 Å². The topological polar surface area (TPSA) is 72.8 Å². The van der Waals surface area contributed by atoms with E-state index in [9.17, 15) is 9.59 Å². The number of carbonyl (C=O) groups is 2. The van der Waals surface area contributed by atoms with Crippen LogP contribution in [0, 0.1) is 11.8 Å². The normalized spacial score (nSPS) is 23.4. The summed E-state index contributed by atoms with van der Waals surface area (Å²) in [4.78, 5) is 26.8. The van der Waals surface area contributed by atoms with Gasteiger partial charge in [-0.05, 0) is 25.0 Å². The highest BCUT2D eigenvalue weighted by atomic mass is 32.2. The van der Waals surface area contributed by atoms with Crippen LogP contribution >= 0.6 is 11.8 Å². The summed E-state index contributed by atoms with van der Waals surface area (Å²) < 4.78 is 5.05. The Bertz CT molecular complexity index is 295. The van der Waals surface area contributed by atoms with Crippen molar-refractivity contribution in [3.63, 3.8) is 0 Å². The molecule has 2 atom stereocenters. The number of hydrogen-bond donors (Lipinski definition) is 1. The lowest BCUT2D eigenvalue weighted by atomic mass is 9.80. The average Bonchev–Trinajstić information content (AvgIpc) is 2.38. The van der Waals surface area contributed by atoms with Crippen LogP contribution in [-0.4, -0.2) is 41.7 Å². The predicted octanol–water partition coefficient (Wildman–Crippen LogP) is 2.15. The molecule has 0 saturated heterocycles. The minimum Gasteiger partial charge on any atom is -0.466 e. The van der Waals surface area contributed by atoms with Crippen molar-refractivity contribution < 1.29 is 24.5 Å². The number of carbonyl (C=O) groups excluding carboxylic acids is 2. The van der Waals surface area contributed by atoms with E-state index in [4.69, 9.17) is 9.99 Å². The van der Waals surface area contributed by atoms with Gasteiger partial charge >= 0.3 is 5.97 Å². The summed E-state index contributed by atoms with van der Waals surface area (Å²) in [5.74, 6) is 1.76. The van der Waals surface area contributed by atoms with Crippen molar-refractivity contribution in [1.82, 2.24) is 0 Å². The standard InChI is InChI=1S/C13H22O5S/c1-10(14)17-8-11-4-2-5-13(15)12(11)9-19-7-3-6-18-16/h11-12,16H,2-9H2,1H3. The van der Waals surface area contributed by atoms with Crippen LogP contribution in [0.4, 0.5) is 0 Å². The molecule has 19 heavy (non-hydrogen) atoms. The molecule has 0 bridgehead atoms. The van der Waals surface area contributed by atoms with Gasteiger partial charge in [0.25, 0.3) is 0 Å². The molecular formula is C13H22O5S. The lowest BCUT2D eigenvalue weighted by Gasteiger charge is -2.29. The Kier molecular flexibility index (Phi) is 8.09. The molecule has 110 valence electrons. The Hall–Kier alpha value is -0.590. The van der Waals surface area contributed by atoms with E-state index in [0.29, 0.717) is 19.6 Å². The Morgan fingerprint density at radius 1 is 1.53 bits per heavy atom. The number of esters is 1. The number of Topliss-reactive ketones (excluding diaryl/α,β-unsaturated/α-hetero) is 1. The number of hydrogen-bond acceptors (Lipinski definition) is 6. The number of ketones is 1. The Morgan fingerprint density at radius 3 is 3.00 bits per heavy atom. The van der Waals surface area contributed by atoms with Crippen molar-refractivity contribution in [2.75, 3.05) is 24.7 Å². The summed E-state index contributed by atoms with van der Waals surface area (Å²) in [6, 6.07) is 0. The summed E-state index contributed by atoms with van der Waals surface area (Å²) >= 11 is 1.69. The zero-order valence-corrected chi connectivity index (χ0v) is 12.1. The highest BCUT2D eigenvalue weighted by Gasteiger charge is 2.32. The lowest BCUT2D eigenvalue weighted by molar-refractivity contribution is -0.241. The second-order valence-corrected chi connectivity index (χ2v) is 5.94. The number of ether oxygens (including phenoxy) is 1. The molecule has 6 heteroatoms. The van der Waals surface area contributed by atoms with E-state index in [-0.39, 0.29) is 23.6 Å². The lowest BCUT2D eigenvalue weighted by Crippen LogP contribution is -2.33. The molecule has 0 aromatic rings. The van der Waals surface area contributed by atoms with E-state index in [1.54, 1.807) is 11.8 Å². The summed E-state index contributed by atoms with van der Waals surface area (Å²) in [7, 11) is 0. The van der Waals surface area contributed by atoms with Gasteiger partial charge in [0, 0.05) is 30.9 Å². The van der Waals surface area contributed by atoms with Gasteiger partial charge in [0.15, 0.2) is 0 Å². The highest BCUT2D eigenvalue weighted by Crippen LogP contribution is 2.30. The summed E-state index contributed by atoms with van der Waals surface area (Å²) in [5.41, 5.74) is 0.